The Morgan fingerprint density at radius 3 is 2.15 bits per heavy atom. The quantitative estimate of drug-likeness (QED) is 0.476. The summed E-state index contributed by atoms with van der Waals surface area (Å²) in [4.78, 5) is 28.3. The first-order valence-electron chi connectivity index (χ1n) is 10.6. The van der Waals surface area contributed by atoms with Gasteiger partial charge in [0.2, 0.25) is 11.8 Å². The molecule has 3 aromatic rings. The second kappa shape index (κ2) is 9.67. The molecule has 2 amide bonds. The molecule has 0 spiro atoms. The normalized spacial score (nSPS) is 17.7. The average molecular weight is 509 g/mol. The number of carbonyl (C=O) groups excluding carboxylic acids is 2. The SMILES string of the molecule is COc1ccc(C2C(C(=O)Nc3ccc(Br)cc3C)CC(=O)N2c2ccc(OC)cc2)cc1. The molecule has 0 radical (unpaired) electrons. The van der Waals surface area contributed by atoms with Gasteiger partial charge in [-0.1, -0.05) is 28.1 Å². The molecule has 3 aromatic carbocycles. The molecule has 0 aromatic heterocycles. The van der Waals surface area contributed by atoms with Crippen LogP contribution in [-0.4, -0.2) is 26.0 Å². The van der Waals surface area contributed by atoms with E-state index in [-0.39, 0.29) is 18.2 Å². The van der Waals surface area contributed by atoms with Crippen LogP contribution >= 0.6 is 15.9 Å². The van der Waals surface area contributed by atoms with Crippen LogP contribution in [0, 0.1) is 12.8 Å². The molecule has 0 bridgehead atoms. The Kier molecular flexibility index (Phi) is 6.70. The summed E-state index contributed by atoms with van der Waals surface area (Å²) in [6.07, 6.45) is 0.115. The zero-order chi connectivity index (χ0) is 23.5. The molecule has 1 aliphatic heterocycles. The second-order valence-electron chi connectivity index (χ2n) is 7.94. The van der Waals surface area contributed by atoms with Gasteiger partial charge in [-0.05, 0) is 72.6 Å². The van der Waals surface area contributed by atoms with Crippen LogP contribution in [0.15, 0.2) is 71.2 Å². The fourth-order valence-electron chi connectivity index (χ4n) is 4.19. The molecule has 7 heteroatoms. The van der Waals surface area contributed by atoms with Crippen molar-refractivity contribution in [1.29, 1.82) is 0 Å². The third-order valence-corrected chi connectivity index (χ3v) is 6.41. The van der Waals surface area contributed by atoms with E-state index in [0.29, 0.717) is 11.5 Å². The maximum Gasteiger partial charge on any atom is 0.230 e. The summed E-state index contributed by atoms with van der Waals surface area (Å²) in [7, 11) is 3.20. The summed E-state index contributed by atoms with van der Waals surface area (Å²) in [6, 6.07) is 20.0. The van der Waals surface area contributed by atoms with Gasteiger partial charge >= 0.3 is 0 Å². The summed E-state index contributed by atoms with van der Waals surface area (Å²) in [5, 5.41) is 3.03. The van der Waals surface area contributed by atoms with Crippen LogP contribution in [0.25, 0.3) is 0 Å². The van der Waals surface area contributed by atoms with Gasteiger partial charge in [-0.2, -0.15) is 0 Å². The van der Waals surface area contributed by atoms with Crippen molar-refractivity contribution in [2.75, 3.05) is 24.4 Å². The molecule has 1 N–H and O–H groups in total. The van der Waals surface area contributed by atoms with Gasteiger partial charge in [0, 0.05) is 22.3 Å². The largest absolute Gasteiger partial charge is 0.497 e. The number of carbonyl (C=O) groups is 2. The summed E-state index contributed by atoms with van der Waals surface area (Å²) in [5.41, 5.74) is 3.25. The van der Waals surface area contributed by atoms with Crippen LogP contribution in [0.2, 0.25) is 0 Å². The molecule has 1 aliphatic rings. The van der Waals surface area contributed by atoms with E-state index in [9.17, 15) is 9.59 Å². The summed E-state index contributed by atoms with van der Waals surface area (Å²) in [5.74, 6) is 0.562. The van der Waals surface area contributed by atoms with E-state index >= 15 is 0 Å². The van der Waals surface area contributed by atoms with Crippen molar-refractivity contribution in [3.63, 3.8) is 0 Å². The highest BCUT2D eigenvalue weighted by Crippen LogP contribution is 2.42. The molecular weight excluding hydrogens is 484 g/mol. The minimum Gasteiger partial charge on any atom is -0.497 e. The van der Waals surface area contributed by atoms with E-state index < -0.39 is 12.0 Å². The molecule has 1 heterocycles. The number of halogens is 1. The van der Waals surface area contributed by atoms with E-state index in [4.69, 9.17) is 9.47 Å². The third kappa shape index (κ3) is 4.73. The first-order chi connectivity index (χ1) is 15.9. The zero-order valence-electron chi connectivity index (χ0n) is 18.7. The van der Waals surface area contributed by atoms with Crippen molar-refractivity contribution in [1.82, 2.24) is 0 Å². The molecule has 0 aliphatic carbocycles. The van der Waals surface area contributed by atoms with Crippen LogP contribution in [0.5, 0.6) is 11.5 Å². The number of nitrogens with one attached hydrogen (secondary N) is 1. The third-order valence-electron chi connectivity index (χ3n) is 5.91. The standard InChI is InChI=1S/C26H25BrN2O4/c1-16-14-18(27)6-13-23(16)28-26(31)22-15-24(30)29(19-7-11-21(33-3)12-8-19)25(22)17-4-9-20(32-2)10-5-17/h4-14,22,25H,15H2,1-3H3,(H,28,31). The smallest absolute Gasteiger partial charge is 0.230 e. The van der Waals surface area contributed by atoms with Gasteiger partial charge in [0.15, 0.2) is 0 Å². The van der Waals surface area contributed by atoms with Crippen LogP contribution < -0.4 is 19.7 Å². The Bertz CT molecular complexity index is 1160. The number of anilines is 2. The fourth-order valence-corrected chi connectivity index (χ4v) is 4.67. The van der Waals surface area contributed by atoms with Crippen molar-refractivity contribution in [2.24, 2.45) is 5.92 Å². The van der Waals surface area contributed by atoms with Crippen LogP contribution in [0.1, 0.15) is 23.6 Å². The van der Waals surface area contributed by atoms with E-state index in [2.05, 4.69) is 21.2 Å². The highest BCUT2D eigenvalue weighted by molar-refractivity contribution is 9.10. The van der Waals surface area contributed by atoms with Crippen molar-refractivity contribution in [2.45, 2.75) is 19.4 Å². The molecule has 170 valence electrons. The Morgan fingerprint density at radius 2 is 1.58 bits per heavy atom. The Morgan fingerprint density at radius 1 is 0.970 bits per heavy atom. The molecule has 4 rings (SSSR count). The van der Waals surface area contributed by atoms with Gasteiger partial charge < -0.3 is 19.7 Å². The summed E-state index contributed by atoms with van der Waals surface area (Å²) in [6.45, 7) is 1.94. The summed E-state index contributed by atoms with van der Waals surface area (Å²) < 4.78 is 11.5. The predicted molar refractivity (Wildman–Crippen MR) is 132 cm³/mol. The number of rotatable bonds is 6. The lowest BCUT2D eigenvalue weighted by atomic mass is 9.92. The fraction of sp³-hybridized carbons (Fsp3) is 0.231. The second-order valence-corrected chi connectivity index (χ2v) is 8.85. The van der Waals surface area contributed by atoms with Crippen molar-refractivity contribution >= 4 is 39.1 Å². The Labute approximate surface area is 201 Å². The predicted octanol–water partition coefficient (Wildman–Crippen LogP) is 5.51. The van der Waals surface area contributed by atoms with Gasteiger partial charge in [-0.15, -0.1) is 0 Å². The Hall–Kier alpha value is -3.32. The number of methoxy groups -OCH3 is 2. The Balaban J connectivity index is 1.71. The minimum atomic E-state index is -0.559. The van der Waals surface area contributed by atoms with E-state index in [1.807, 2.05) is 73.7 Å². The highest BCUT2D eigenvalue weighted by atomic mass is 79.9. The molecule has 33 heavy (non-hydrogen) atoms. The number of hydrogen-bond donors (Lipinski definition) is 1. The number of nitrogens with zero attached hydrogens (tertiary/aromatic N) is 1. The number of hydrogen-bond acceptors (Lipinski definition) is 4. The summed E-state index contributed by atoms with van der Waals surface area (Å²) >= 11 is 3.45. The lowest BCUT2D eigenvalue weighted by Crippen LogP contribution is -2.32. The number of ether oxygens (including phenoxy) is 2. The topological polar surface area (TPSA) is 67.9 Å². The van der Waals surface area contributed by atoms with Crippen LogP contribution in [0.3, 0.4) is 0 Å². The molecule has 1 saturated heterocycles. The van der Waals surface area contributed by atoms with Gasteiger partial charge in [-0.25, -0.2) is 0 Å². The minimum absolute atomic E-state index is 0.103. The van der Waals surface area contributed by atoms with E-state index in [1.165, 1.54) is 0 Å². The molecule has 6 nitrogen and oxygen atoms in total. The lowest BCUT2D eigenvalue weighted by molar-refractivity contribution is -0.122. The van der Waals surface area contributed by atoms with Gasteiger partial charge in [0.1, 0.15) is 11.5 Å². The molecule has 2 unspecified atom stereocenters. The monoisotopic (exact) mass is 508 g/mol. The first kappa shape index (κ1) is 22.9. The maximum atomic E-state index is 13.4. The van der Waals surface area contributed by atoms with Gasteiger partial charge in [-0.3, -0.25) is 9.59 Å². The van der Waals surface area contributed by atoms with Gasteiger partial charge in [0.25, 0.3) is 0 Å². The maximum absolute atomic E-state index is 13.4. The number of benzene rings is 3. The highest BCUT2D eigenvalue weighted by Gasteiger charge is 2.45. The molecule has 1 fully saturated rings. The molecule has 2 atom stereocenters. The van der Waals surface area contributed by atoms with E-state index in [0.717, 1.165) is 27.0 Å². The lowest BCUT2D eigenvalue weighted by Gasteiger charge is -2.29. The van der Waals surface area contributed by atoms with E-state index in [1.54, 1.807) is 19.1 Å². The molecule has 0 saturated carbocycles. The van der Waals surface area contributed by atoms with Gasteiger partial charge in [0.05, 0.1) is 26.2 Å². The van der Waals surface area contributed by atoms with Crippen molar-refractivity contribution in [3.8, 4) is 11.5 Å². The van der Waals surface area contributed by atoms with Crippen LogP contribution in [-0.2, 0) is 9.59 Å². The zero-order valence-corrected chi connectivity index (χ0v) is 20.3. The first-order valence-corrected chi connectivity index (χ1v) is 11.4. The number of aryl methyl sites for hydroxylation is 1. The van der Waals surface area contributed by atoms with Crippen molar-refractivity contribution < 1.29 is 19.1 Å². The van der Waals surface area contributed by atoms with Crippen molar-refractivity contribution in [3.05, 3.63) is 82.3 Å². The average Bonchev–Trinajstić information content (AvgIpc) is 3.18. The molecular formula is C26H25BrN2O4. The van der Waals surface area contributed by atoms with Crippen LogP contribution in [0.4, 0.5) is 11.4 Å². The number of amides is 2.